The number of ether oxygens (including phenoxy) is 1. The van der Waals surface area contributed by atoms with Gasteiger partial charge in [0.15, 0.2) is 0 Å². The van der Waals surface area contributed by atoms with Gasteiger partial charge in [-0.2, -0.15) is 0 Å². The molecule has 1 saturated heterocycles. The molecule has 0 spiro atoms. The molecule has 0 saturated carbocycles. The van der Waals surface area contributed by atoms with Crippen LogP contribution in [0.4, 0.5) is 5.95 Å². The molecule has 0 unspecified atom stereocenters. The fourth-order valence-corrected chi connectivity index (χ4v) is 4.12. The molecule has 2 aromatic rings. The van der Waals surface area contributed by atoms with Crippen LogP contribution in [-0.2, 0) is 0 Å². The van der Waals surface area contributed by atoms with Crippen LogP contribution >= 0.6 is 0 Å². The van der Waals surface area contributed by atoms with Gasteiger partial charge in [-0.3, -0.25) is 9.69 Å². The van der Waals surface area contributed by atoms with Crippen LogP contribution in [0.3, 0.4) is 0 Å². The van der Waals surface area contributed by atoms with Gasteiger partial charge in [0.1, 0.15) is 12.0 Å². The number of hydrogen-bond donors (Lipinski definition) is 0. The molecule has 164 valence electrons. The van der Waals surface area contributed by atoms with Gasteiger partial charge >= 0.3 is 0 Å². The van der Waals surface area contributed by atoms with Crippen molar-refractivity contribution < 1.29 is 9.53 Å². The predicted molar refractivity (Wildman–Crippen MR) is 121 cm³/mol. The summed E-state index contributed by atoms with van der Waals surface area (Å²) in [5, 5.41) is 0. The van der Waals surface area contributed by atoms with Crippen LogP contribution in [0, 0.1) is 6.92 Å². The number of anilines is 1. The summed E-state index contributed by atoms with van der Waals surface area (Å²) in [6, 6.07) is 7.61. The molecule has 0 N–H and O–H groups in total. The van der Waals surface area contributed by atoms with Crippen LogP contribution in [0.15, 0.2) is 48.6 Å². The standard InChI is InChI=1S/C24H31N5O2/c1-19-7-8-22-21(17-19)23(30)29(20(2)18-31-22)12-5-3-4-11-27-13-15-28(16-14-27)24-25-9-6-10-26-24/h6-10,17-18H,3-5,11-16H2,1-2H3. The maximum absolute atomic E-state index is 13.0. The smallest absolute Gasteiger partial charge is 0.261 e. The minimum absolute atomic E-state index is 0.0317. The summed E-state index contributed by atoms with van der Waals surface area (Å²) >= 11 is 0. The van der Waals surface area contributed by atoms with Crippen molar-refractivity contribution in [3.8, 4) is 5.75 Å². The molecule has 7 nitrogen and oxygen atoms in total. The second-order valence-corrected chi connectivity index (χ2v) is 8.27. The van der Waals surface area contributed by atoms with Crippen molar-refractivity contribution in [1.29, 1.82) is 0 Å². The van der Waals surface area contributed by atoms with E-state index in [2.05, 4.69) is 19.8 Å². The Bertz CT molecular complexity index is 923. The monoisotopic (exact) mass is 421 g/mol. The van der Waals surface area contributed by atoms with E-state index in [9.17, 15) is 4.79 Å². The molecule has 0 bridgehead atoms. The average Bonchev–Trinajstić information content (AvgIpc) is 2.91. The number of fused-ring (bicyclic) bond motifs is 1. The summed E-state index contributed by atoms with van der Waals surface area (Å²) in [5.74, 6) is 1.50. The number of piperazine rings is 1. The largest absolute Gasteiger partial charge is 0.462 e. The molecule has 2 aliphatic rings. The van der Waals surface area contributed by atoms with Crippen molar-refractivity contribution in [2.45, 2.75) is 33.1 Å². The Morgan fingerprint density at radius 1 is 0.968 bits per heavy atom. The van der Waals surface area contributed by atoms with Gasteiger partial charge in [-0.1, -0.05) is 18.1 Å². The van der Waals surface area contributed by atoms with Crippen molar-refractivity contribution in [2.24, 2.45) is 0 Å². The third kappa shape index (κ3) is 5.22. The van der Waals surface area contributed by atoms with Crippen molar-refractivity contribution >= 4 is 11.9 Å². The average molecular weight is 422 g/mol. The highest BCUT2D eigenvalue weighted by Crippen LogP contribution is 2.27. The summed E-state index contributed by atoms with van der Waals surface area (Å²) in [6.45, 7) is 9.76. The molecule has 4 rings (SSSR count). The first-order chi connectivity index (χ1) is 15.1. The fraction of sp³-hybridized carbons (Fsp3) is 0.458. The minimum Gasteiger partial charge on any atom is -0.462 e. The van der Waals surface area contributed by atoms with Gasteiger partial charge in [-0.05, 0) is 51.4 Å². The fourth-order valence-electron chi connectivity index (χ4n) is 4.12. The molecule has 0 radical (unpaired) electrons. The summed E-state index contributed by atoms with van der Waals surface area (Å²) < 4.78 is 5.72. The highest BCUT2D eigenvalue weighted by atomic mass is 16.5. The number of nitrogens with zero attached hydrogens (tertiary/aromatic N) is 5. The number of aromatic nitrogens is 2. The van der Waals surface area contributed by atoms with Crippen molar-refractivity contribution in [3.63, 3.8) is 0 Å². The van der Waals surface area contributed by atoms with Gasteiger partial charge in [0.05, 0.1) is 11.3 Å². The van der Waals surface area contributed by atoms with Gasteiger partial charge < -0.3 is 14.5 Å². The Kier molecular flexibility index (Phi) is 6.82. The first-order valence-corrected chi connectivity index (χ1v) is 11.1. The molecule has 7 heteroatoms. The summed E-state index contributed by atoms with van der Waals surface area (Å²) in [5.41, 5.74) is 2.57. The topological polar surface area (TPSA) is 61.8 Å². The number of rotatable bonds is 7. The van der Waals surface area contributed by atoms with Crippen LogP contribution in [0.5, 0.6) is 5.75 Å². The lowest BCUT2D eigenvalue weighted by atomic mass is 10.1. The molecule has 31 heavy (non-hydrogen) atoms. The van der Waals surface area contributed by atoms with Gasteiger partial charge in [0.25, 0.3) is 5.91 Å². The predicted octanol–water partition coefficient (Wildman–Crippen LogP) is 3.47. The lowest BCUT2D eigenvalue weighted by Crippen LogP contribution is -2.47. The highest BCUT2D eigenvalue weighted by Gasteiger charge is 2.24. The minimum atomic E-state index is 0.0317. The number of allylic oxidation sites excluding steroid dienone is 1. The van der Waals surface area contributed by atoms with E-state index in [0.29, 0.717) is 11.3 Å². The van der Waals surface area contributed by atoms with E-state index in [1.54, 1.807) is 18.7 Å². The van der Waals surface area contributed by atoms with Crippen LogP contribution in [-0.4, -0.2) is 64.9 Å². The molecule has 0 aliphatic carbocycles. The van der Waals surface area contributed by atoms with Crippen molar-refractivity contribution in [3.05, 3.63) is 59.7 Å². The number of carbonyl (C=O) groups is 1. The number of amides is 1. The van der Waals surface area contributed by atoms with Crippen molar-refractivity contribution in [1.82, 2.24) is 19.8 Å². The molecular weight excluding hydrogens is 390 g/mol. The van der Waals surface area contributed by atoms with E-state index in [1.807, 2.05) is 43.0 Å². The van der Waals surface area contributed by atoms with Crippen molar-refractivity contribution in [2.75, 3.05) is 44.2 Å². The molecule has 3 heterocycles. The molecule has 1 amide bonds. The molecule has 1 aromatic heterocycles. The van der Waals surface area contributed by atoms with Crippen LogP contribution in [0.25, 0.3) is 0 Å². The highest BCUT2D eigenvalue weighted by molar-refractivity contribution is 5.98. The first-order valence-electron chi connectivity index (χ1n) is 11.1. The number of hydrogen-bond acceptors (Lipinski definition) is 6. The number of aryl methyl sites for hydroxylation is 1. The Hall–Kier alpha value is -2.93. The third-order valence-electron chi connectivity index (χ3n) is 5.96. The molecule has 1 fully saturated rings. The number of carbonyl (C=O) groups excluding carboxylic acids is 1. The summed E-state index contributed by atoms with van der Waals surface area (Å²) in [4.78, 5) is 28.3. The van der Waals surface area contributed by atoms with Gasteiger partial charge in [0.2, 0.25) is 5.95 Å². The van der Waals surface area contributed by atoms with Gasteiger partial charge in [-0.15, -0.1) is 0 Å². The molecule has 1 aromatic carbocycles. The molecule has 0 atom stereocenters. The van der Waals surface area contributed by atoms with Crippen LogP contribution in [0.1, 0.15) is 42.1 Å². The SMILES string of the molecule is CC1=COc2ccc(C)cc2C(=O)N1CCCCCN1CCN(c2ncccn2)CC1. The second-order valence-electron chi connectivity index (χ2n) is 8.27. The Balaban J connectivity index is 1.20. The quantitative estimate of drug-likeness (QED) is 0.638. The molecular formula is C24H31N5O2. The van der Waals surface area contributed by atoms with E-state index in [-0.39, 0.29) is 5.91 Å². The first kappa shape index (κ1) is 21.3. The zero-order valence-electron chi connectivity index (χ0n) is 18.5. The summed E-state index contributed by atoms with van der Waals surface area (Å²) in [7, 11) is 0. The Morgan fingerprint density at radius 2 is 1.71 bits per heavy atom. The Morgan fingerprint density at radius 3 is 2.48 bits per heavy atom. The Labute approximate surface area is 184 Å². The third-order valence-corrected chi connectivity index (χ3v) is 5.96. The lowest BCUT2D eigenvalue weighted by Gasteiger charge is -2.34. The number of benzene rings is 1. The van der Waals surface area contributed by atoms with Crippen LogP contribution < -0.4 is 9.64 Å². The number of unbranched alkanes of at least 4 members (excludes halogenated alkanes) is 2. The van der Waals surface area contributed by atoms with Crippen LogP contribution in [0.2, 0.25) is 0 Å². The normalized spacial score (nSPS) is 17.1. The van der Waals surface area contributed by atoms with E-state index in [4.69, 9.17) is 4.74 Å². The zero-order valence-corrected chi connectivity index (χ0v) is 18.5. The summed E-state index contributed by atoms with van der Waals surface area (Å²) in [6.07, 6.45) is 8.50. The van der Waals surface area contributed by atoms with E-state index < -0.39 is 0 Å². The lowest BCUT2D eigenvalue weighted by molar-refractivity contribution is 0.0805. The maximum atomic E-state index is 13.0. The zero-order chi connectivity index (χ0) is 21.6. The van der Waals surface area contributed by atoms with E-state index >= 15 is 0 Å². The maximum Gasteiger partial charge on any atom is 0.261 e. The van der Waals surface area contributed by atoms with Gasteiger partial charge in [-0.25, -0.2) is 9.97 Å². The van der Waals surface area contributed by atoms with E-state index in [1.165, 1.54) is 0 Å². The molecule has 2 aliphatic heterocycles. The van der Waals surface area contributed by atoms with Gasteiger partial charge in [0, 0.05) is 45.1 Å². The second kappa shape index (κ2) is 9.92. The van der Waals surface area contributed by atoms with E-state index in [0.717, 1.165) is 75.7 Å².